The maximum Gasteiger partial charge on any atom is 0.191 e. The lowest BCUT2D eigenvalue weighted by Gasteiger charge is -2.33. The Morgan fingerprint density at radius 1 is 1.23 bits per heavy atom. The van der Waals surface area contributed by atoms with E-state index in [1.54, 1.807) is 18.4 Å². The number of hydrogen-bond donors (Lipinski definition) is 2. The van der Waals surface area contributed by atoms with Crippen LogP contribution in [0.5, 0.6) is 11.5 Å². The monoisotopic (exact) mass is 558 g/mol. The molecule has 2 heterocycles. The molecular weight excluding hydrogens is 523 g/mol. The standard InChI is InChI=1S/C23H34N4O2S.HI/c1-4-24-23(25-15-18(2)29-22-8-6-5-7-21(22)28-3)26-20-9-12-27(13-10-20)16-19-11-14-30-17-19;/h5-8,11,14,17-18,20H,4,9-10,12-13,15-16H2,1-3H3,(H2,24,25,26);1H. The van der Waals surface area contributed by atoms with E-state index in [1.165, 1.54) is 5.56 Å². The normalized spacial score (nSPS) is 16.3. The first kappa shape index (κ1) is 25.7. The van der Waals surface area contributed by atoms with Crippen LogP contribution in [0.3, 0.4) is 0 Å². The van der Waals surface area contributed by atoms with Gasteiger partial charge >= 0.3 is 0 Å². The highest BCUT2D eigenvalue weighted by Gasteiger charge is 2.20. The molecule has 1 saturated heterocycles. The number of ether oxygens (including phenoxy) is 2. The van der Waals surface area contributed by atoms with Gasteiger partial charge in [0.15, 0.2) is 17.5 Å². The number of piperidine rings is 1. The number of para-hydroxylation sites is 2. The molecule has 2 N–H and O–H groups in total. The van der Waals surface area contributed by atoms with Gasteiger partial charge in [-0.1, -0.05) is 12.1 Å². The molecule has 172 valence electrons. The van der Waals surface area contributed by atoms with E-state index in [9.17, 15) is 0 Å². The fourth-order valence-electron chi connectivity index (χ4n) is 3.58. The van der Waals surface area contributed by atoms with Gasteiger partial charge in [-0.15, -0.1) is 24.0 Å². The molecule has 0 amide bonds. The molecule has 8 heteroatoms. The van der Waals surface area contributed by atoms with Crippen LogP contribution in [0.25, 0.3) is 0 Å². The summed E-state index contributed by atoms with van der Waals surface area (Å²) in [6, 6.07) is 10.4. The number of nitrogens with zero attached hydrogens (tertiary/aromatic N) is 2. The number of rotatable bonds is 9. The molecule has 2 aromatic rings. The Morgan fingerprint density at radius 2 is 1.97 bits per heavy atom. The lowest BCUT2D eigenvalue weighted by molar-refractivity contribution is 0.198. The number of benzene rings is 1. The van der Waals surface area contributed by atoms with Gasteiger partial charge in [-0.25, -0.2) is 4.99 Å². The van der Waals surface area contributed by atoms with Crippen molar-refractivity contribution in [1.29, 1.82) is 0 Å². The minimum atomic E-state index is -0.0517. The van der Waals surface area contributed by atoms with Crippen LogP contribution in [0.4, 0.5) is 0 Å². The lowest BCUT2D eigenvalue weighted by atomic mass is 10.0. The van der Waals surface area contributed by atoms with E-state index in [-0.39, 0.29) is 30.1 Å². The predicted molar refractivity (Wildman–Crippen MR) is 140 cm³/mol. The van der Waals surface area contributed by atoms with Gasteiger partial charge in [-0.2, -0.15) is 11.3 Å². The zero-order valence-electron chi connectivity index (χ0n) is 18.7. The third kappa shape index (κ3) is 8.50. The molecule has 0 aliphatic carbocycles. The third-order valence-electron chi connectivity index (χ3n) is 5.16. The number of thiophene rings is 1. The molecule has 1 fully saturated rings. The van der Waals surface area contributed by atoms with Gasteiger partial charge in [0.2, 0.25) is 0 Å². The maximum atomic E-state index is 6.03. The number of halogens is 1. The summed E-state index contributed by atoms with van der Waals surface area (Å²) in [5.74, 6) is 2.36. The molecule has 1 aliphatic rings. The third-order valence-corrected chi connectivity index (χ3v) is 5.89. The summed E-state index contributed by atoms with van der Waals surface area (Å²) in [6.45, 7) is 8.81. The van der Waals surface area contributed by atoms with Crippen molar-refractivity contribution in [2.75, 3.05) is 33.3 Å². The molecule has 0 saturated carbocycles. The van der Waals surface area contributed by atoms with E-state index in [0.29, 0.717) is 12.6 Å². The van der Waals surface area contributed by atoms with Crippen molar-refractivity contribution >= 4 is 41.3 Å². The Morgan fingerprint density at radius 3 is 2.61 bits per heavy atom. The Balaban J connectivity index is 0.00000341. The molecule has 1 aliphatic heterocycles. The molecule has 6 nitrogen and oxygen atoms in total. The van der Waals surface area contributed by atoms with Crippen LogP contribution in [0.1, 0.15) is 32.3 Å². The largest absolute Gasteiger partial charge is 0.493 e. The topological polar surface area (TPSA) is 58.1 Å². The number of guanidine groups is 1. The second-order valence-corrected chi connectivity index (χ2v) is 8.41. The van der Waals surface area contributed by atoms with Gasteiger partial charge in [0, 0.05) is 32.2 Å². The average molecular weight is 559 g/mol. The van der Waals surface area contributed by atoms with Crippen LogP contribution in [-0.4, -0.2) is 56.3 Å². The summed E-state index contributed by atoms with van der Waals surface area (Å²) in [4.78, 5) is 7.29. The molecule has 0 radical (unpaired) electrons. The van der Waals surface area contributed by atoms with Gasteiger partial charge in [-0.05, 0) is 61.2 Å². The number of likely N-dealkylation sites (tertiary alicyclic amines) is 1. The van der Waals surface area contributed by atoms with Crippen LogP contribution in [0, 0.1) is 0 Å². The molecular formula is C23H35IN4O2S. The van der Waals surface area contributed by atoms with Gasteiger partial charge in [0.1, 0.15) is 6.10 Å². The van der Waals surface area contributed by atoms with Crippen LogP contribution in [-0.2, 0) is 6.54 Å². The molecule has 0 spiro atoms. The van der Waals surface area contributed by atoms with Crippen molar-refractivity contribution in [3.63, 3.8) is 0 Å². The van der Waals surface area contributed by atoms with Crippen LogP contribution in [0.2, 0.25) is 0 Å². The van der Waals surface area contributed by atoms with Gasteiger partial charge in [0.05, 0.1) is 13.7 Å². The molecule has 1 unspecified atom stereocenters. The van der Waals surface area contributed by atoms with Gasteiger partial charge in [0.25, 0.3) is 0 Å². The number of hydrogen-bond acceptors (Lipinski definition) is 5. The Kier molecular flexibility index (Phi) is 11.5. The second kappa shape index (κ2) is 13.8. The van der Waals surface area contributed by atoms with Crippen LogP contribution >= 0.6 is 35.3 Å². The highest BCUT2D eigenvalue weighted by atomic mass is 127. The number of nitrogens with one attached hydrogen (secondary N) is 2. The Labute approximate surface area is 207 Å². The van der Waals surface area contributed by atoms with E-state index in [1.807, 2.05) is 31.2 Å². The van der Waals surface area contributed by atoms with E-state index in [2.05, 4.69) is 39.3 Å². The lowest BCUT2D eigenvalue weighted by Crippen LogP contribution is -2.48. The SMILES string of the molecule is CCNC(=NCC(C)Oc1ccccc1OC)NC1CCN(Cc2ccsc2)CC1.I. The van der Waals surface area contributed by atoms with Crippen LogP contribution < -0.4 is 20.1 Å². The highest BCUT2D eigenvalue weighted by Crippen LogP contribution is 2.26. The number of methoxy groups -OCH3 is 1. The first-order valence-electron chi connectivity index (χ1n) is 10.8. The predicted octanol–water partition coefficient (Wildman–Crippen LogP) is 4.36. The smallest absolute Gasteiger partial charge is 0.191 e. The molecule has 1 atom stereocenters. The summed E-state index contributed by atoms with van der Waals surface area (Å²) >= 11 is 1.77. The summed E-state index contributed by atoms with van der Waals surface area (Å²) in [5.41, 5.74) is 1.42. The van der Waals surface area contributed by atoms with Crippen molar-refractivity contribution in [3.05, 3.63) is 46.7 Å². The van der Waals surface area contributed by atoms with Crippen molar-refractivity contribution in [2.24, 2.45) is 4.99 Å². The van der Waals surface area contributed by atoms with Crippen LogP contribution in [0.15, 0.2) is 46.1 Å². The highest BCUT2D eigenvalue weighted by molar-refractivity contribution is 14.0. The molecule has 3 rings (SSSR count). The fourth-order valence-corrected chi connectivity index (χ4v) is 4.24. The van der Waals surface area contributed by atoms with Crippen molar-refractivity contribution in [1.82, 2.24) is 15.5 Å². The Bertz CT molecular complexity index is 780. The first-order valence-corrected chi connectivity index (χ1v) is 11.7. The maximum absolute atomic E-state index is 6.03. The van der Waals surface area contributed by atoms with E-state index in [0.717, 1.165) is 56.5 Å². The second-order valence-electron chi connectivity index (χ2n) is 7.63. The zero-order chi connectivity index (χ0) is 21.2. The summed E-state index contributed by atoms with van der Waals surface area (Å²) < 4.78 is 11.4. The van der Waals surface area contributed by atoms with E-state index in [4.69, 9.17) is 14.5 Å². The molecule has 31 heavy (non-hydrogen) atoms. The van der Waals surface area contributed by atoms with Gasteiger partial charge < -0.3 is 20.1 Å². The number of aliphatic imine (C=N–C) groups is 1. The molecule has 1 aromatic carbocycles. The summed E-state index contributed by atoms with van der Waals surface area (Å²) in [5, 5.41) is 11.4. The van der Waals surface area contributed by atoms with E-state index < -0.39 is 0 Å². The molecule has 0 bridgehead atoms. The minimum absolute atomic E-state index is 0. The average Bonchev–Trinajstić information content (AvgIpc) is 3.27. The fraction of sp³-hybridized carbons (Fsp3) is 0.522. The Hall–Kier alpha value is -1.52. The summed E-state index contributed by atoms with van der Waals surface area (Å²) in [6.07, 6.45) is 2.20. The first-order chi connectivity index (χ1) is 14.7. The van der Waals surface area contributed by atoms with Crippen molar-refractivity contribution in [2.45, 2.75) is 45.4 Å². The van der Waals surface area contributed by atoms with Crippen molar-refractivity contribution in [3.8, 4) is 11.5 Å². The quantitative estimate of drug-likeness (QED) is 0.272. The summed E-state index contributed by atoms with van der Waals surface area (Å²) in [7, 11) is 1.66. The van der Waals surface area contributed by atoms with Crippen molar-refractivity contribution < 1.29 is 9.47 Å². The van der Waals surface area contributed by atoms with Gasteiger partial charge in [-0.3, -0.25) is 4.90 Å². The van der Waals surface area contributed by atoms with E-state index >= 15 is 0 Å². The molecule has 1 aromatic heterocycles. The minimum Gasteiger partial charge on any atom is -0.493 e. The zero-order valence-corrected chi connectivity index (χ0v) is 21.8.